The van der Waals surface area contributed by atoms with Crippen LogP contribution < -0.4 is 0 Å². The van der Waals surface area contributed by atoms with Crippen molar-refractivity contribution in [1.82, 2.24) is 4.98 Å². The molecule has 1 aromatic rings. The maximum absolute atomic E-state index is 11.0. The zero-order valence-electron chi connectivity index (χ0n) is 6.61. The van der Waals surface area contributed by atoms with E-state index in [4.69, 9.17) is 9.84 Å². The fourth-order valence-electron chi connectivity index (χ4n) is 0.680. The third-order valence-corrected chi connectivity index (χ3v) is 2.13. The Morgan fingerprint density at radius 1 is 1.83 bits per heavy atom. The average molecular weight is 187 g/mol. The molecule has 0 bridgehead atoms. The van der Waals surface area contributed by atoms with E-state index in [1.54, 1.807) is 6.92 Å². The quantitative estimate of drug-likeness (QED) is 0.711. The molecule has 0 aliphatic heterocycles. The molecule has 1 aromatic heterocycles. The van der Waals surface area contributed by atoms with Gasteiger partial charge in [0, 0.05) is 0 Å². The zero-order valence-corrected chi connectivity index (χ0v) is 7.43. The molecule has 0 spiro atoms. The molecule has 1 rings (SSSR count). The second-order valence-electron chi connectivity index (χ2n) is 2.00. The second kappa shape index (κ2) is 4.18. The van der Waals surface area contributed by atoms with Gasteiger partial charge in [-0.3, -0.25) is 0 Å². The van der Waals surface area contributed by atoms with E-state index in [9.17, 15) is 4.79 Å². The van der Waals surface area contributed by atoms with Crippen LogP contribution in [0, 0.1) is 0 Å². The van der Waals surface area contributed by atoms with Gasteiger partial charge in [-0.25, -0.2) is 9.78 Å². The Morgan fingerprint density at radius 3 is 3.08 bits per heavy atom. The zero-order chi connectivity index (χ0) is 8.97. The van der Waals surface area contributed by atoms with E-state index in [1.165, 1.54) is 6.20 Å². The summed E-state index contributed by atoms with van der Waals surface area (Å²) in [5.41, 5.74) is 0. The van der Waals surface area contributed by atoms with Crippen LogP contribution in [0.25, 0.3) is 0 Å². The molecule has 4 nitrogen and oxygen atoms in total. The molecule has 0 fully saturated rings. The number of aliphatic hydroxyl groups excluding tert-OH is 1. The van der Waals surface area contributed by atoms with E-state index in [0.717, 1.165) is 11.3 Å². The summed E-state index contributed by atoms with van der Waals surface area (Å²) in [5, 5.41) is 9.18. The molecule has 0 unspecified atom stereocenters. The maximum Gasteiger partial charge on any atom is 0.349 e. The molecule has 0 aliphatic carbocycles. The summed E-state index contributed by atoms with van der Waals surface area (Å²) in [5.74, 6) is -0.380. The molecule has 12 heavy (non-hydrogen) atoms. The molecule has 1 heterocycles. The Balaban J connectivity index is 2.68. The summed E-state index contributed by atoms with van der Waals surface area (Å²) >= 11 is 1.15. The fourth-order valence-corrected chi connectivity index (χ4v) is 1.35. The Morgan fingerprint density at radius 2 is 2.58 bits per heavy atom. The normalized spacial score (nSPS) is 9.83. The Labute approximate surface area is 73.8 Å². The molecule has 0 saturated carbocycles. The largest absolute Gasteiger partial charge is 0.462 e. The van der Waals surface area contributed by atoms with Crippen LogP contribution in [0.15, 0.2) is 6.20 Å². The summed E-state index contributed by atoms with van der Waals surface area (Å²) in [7, 11) is 0. The highest BCUT2D eigenvalue weighted by atomic mass is 32.1. The van der Waals surface area contributed by atoms with Gasteiger partial charge >= 0.3 is 5.97 Å². The fraction of sp³-hybridized carbons (Fsp3) is 0.429. The first-order valence-corrected chi connectivity index (χ1v) is 4.32. The molecule has 0 aliphatic rings. The highest BCUT2D eigenvalue weighted by molar-refractivity contribution is 7.13. The molecular formula is C7H9NO3S. The van der Waals surface area contributed by atoms with Gasteiger partial charge in [-0.15, -0.1) is 11.3 Å². The molecule has 66 valence electrons. The van der Waals surface area contributed by atoms with E-state index >= 15 is 0 Å². The lowest BCUT2D eigenvalue weighted by atomic mass is 10.6. The van der Waals surface area contributed by atoms with Crippen LogP contribution in [0.1, 0.15) is 21.6 Å². The van der Waals surface area contributed by atoms with Crippen molar-refractivity contribution in [3.05, 3.63) is 16.1 Å². The first kappa shape index (κ1) is 9.15. The number of ether oxygens (including phenoxy) is 1. The molecule has 0 saturated heterocycles. The number of nitrogens with zero attached hydrogens (tertiary/aromatic N) is 1. The van der Waals surface area contributed by atoms with Crippen molar-refractivity contribution in [3.63, 3.8) is 0 Å². The first-order valence-electron chi connectivity index (χ1n) is 3.50. The first-order chi connectivity index (χ1) is 5.77. The predicted octanol–water partition coefficient (Wildman–Crippen LogP) is 0.812. The van der Waals surface area contributed by atoms with Crippen molar-refractivity contribution in [1.29, 1.82) is 0 Å². The van der Waals surface area contributed by atoms with E-state index < -0.39 is 0 Å². The van der Waals surface area contributed by atoms with Crippen LogP contribution in [-0.4, -0.2) is 22.7 Å². The molecule has 0 atom stereocenters. The molecule has 5 heteroatoms. The topological polar surface area (TPSA) is 59.4 Å². The van der Waals surface area contributed by atoms with Gasteiger partial charge in [-0.1, -0.05) is 0 Å². The van der Waals surface area contributed by atoms with Gasteiger partial charge in [-0.05, 0) is 6.92 Å². The van der Waals surface area contributed by atoms with Gasteiger partial charge in [0.2, 0.25) is 0 Å². The summed E-state index contributed by atoms with van der Waals surface area (Å²) in [4.78, 5) is 15.3. The lowest BCUT2D eigenvalue weighted by molar-refractivity contribution is 0.0532. The van der Waals surface area contributed by atoms with E-state index in [-0.39, 0.29) is 12.6 Å². The minimum Gasteiger partial charge on any atom is -0.462 e. The second-order valence-corrected chi connectivity index (χ2v) is 3.11. The van der Waals surface area contributed by atoms with Crippen LogP contribution in [0.5, 0.6) is 0 Å². The van der Waals surface area contributed by atoms with Crippen molar-refractivity contribution in [3.8, 4) is 0 Å². The van der Waals surface area contributed by atoms with Gasteiger partial charge in [0.05, 0.1) is 19.4 Å². The molecule has 0 radical (unpaired) electrons. The number of hydrogen-bond donors (Lipinski definition) is 1. The number of aromatic nitrogens is 1. The number of thiazole rings is 1. The van der Waals surface area contributed by atoms with Gasteiger partial charge < -0.3 is 9.84 Å². The van der Waals surface area contributed by atoms with Crippen LogP contribution >= 0.6 is 11.3 Å². The number of aliphatic hydroxyl groups is 1. The monoisotopic (exact) mass is 187 g/mol. The molecule has 1 N–H and O–H groups in total. The number of hydrogen-bond acceptors (Lipinski definition) is 5. The minimum absolute atomic E-state index is 0.135. The Bertz CT molecular complexity index is 271. The summed E-state index contributed by atoms with van der Waals surface area (Å²) < 4.78 is 4.74. The molecular weight excluding hydrogens is 178 g/mol. The van der Waals surface area contributed by atoms with Crippen molar-refractivity contribution in [2.24, 2.45) is 0 Å². The van der Waals surface area contributed by atoms with Gasteiger partial charge in [0.15, 0.2) is 0 Å². The summed E-state index contributed by atoms with van der Waals surface area (Å²) in [6.45, 7) is 1.96. The van der Waals surface area contributed by atoms with Gasteiger partial charge in [0.25, 0.3) is 0 Å². The highest BCUT2D eigenvalue weighted by Gasteiger charge is 2.09. The van der Waals surface area contributed by atoms with Crippen molar-refractivity contribution < 1.29 is 14.6 Å². The molecule has 0 aromatic carbocycles. The lowest BCUT2D eigenvalue weighted by Crippen LogP contribution is -2.01. The summed E-state index contributed by atoms with van der Waals surface area (Å²) in [6.07, 6.45) is 1.41. The number of esters is 1. The van der Waals surface area contributed by atoms with Gasteiger partial charge in [0.1, 0.15) is 9.88 Å². The SMILES string of the molecule is CCOC(=O)c1cnc(CO)s1. The number of rotatable bonds is 3. The Kier molecular flexibility index (Phi) is 3.19. The van der Waals surface area contributed by atoms with Crippen molar-refractivity contribution in [2.75, 3.05) is 6.61 Å². The van der Waals surface area contributed by atoms with Crippen molar-refractivity contribution >= 4 is 17.3 Å². The third kappa shape index (κ3) is 2.02. The smallest absolute Gasteiger partial charge is 0.349 e. The van der Waals surface area contributed by atoms with Crippen LogP contribution in [0.2, 0.25) is 0 Å². The predicted molar refractivity (Wildman–Crippen MR) is 44.0 cm³/mol. The van der Waals surface area contributed by atoms with Crippen LogP contribution in [-0.2, 0) is 11.3 Å². The van der Waals surface area contributed by atoms with E-state index in [2.05, 4.69) is 4.98 Å². The average Bonchev–Trinajstić information content (AvgIpc) is 2.52. The summed E-state index contributed by atoms with van der Waals surface area (Å²) in [6, 6.07) is 0. The van der Waals surface area contributed by atoms with Crippen molar-refractivity contribution in [2.45, 2.75) is 13.5 Å². The molecule has 0 amide bonds. The van der Waals surface area contributed by atoms with Crippen LogP contribution in [0.3, 0.4) is 0 Å². The lowest BCUT2D eigenvalue weighted by Gasteiger charge is -1.95. The minimum atomic E-state index is -0.380. The van der Waals surface area contributed by atoms with E-state index in [1.807, 2.05) is 0 Å². The Hall–Kier alpha value is -0.940. The standard InChI is InChI=1S/C7H9NO3S/c1-2-11-7(10)5-3-8-6(4-9)12-5/h3,9H,2,4H2,1H3. The maximum atomic E-state index is 11.0. The third-order valence-electron chi connectivity index (χ3n) is 1.17. The number of carbonyl (C=O) groups excluding carboxylic acids is 1. The van der Waals surface area contributed by atoms with Crippen LogP contribution in [0.4, 0.5) is 0 Å². The number of carbonyl (C=O) groups is 1. The van der Waals surface area contributed by atoms with Gasteiger partial charge in [-0.2, -0.15) is 0 Å². The van der Waals surface area contributed by atoms with E-state index in [0.29, 0.717) is 16.5 Å². The highest BCUT2D eigenvalue weighted by Crippen LogP contribution is 2.13.